The van der Waals surface area contributed by atoms with Gasteiger partial charge in [0.15, 0.2) is 0 Å². The number of nitriles is 1. The molecule has 0 bridgehead atoms. The number of thioether (sulfide) groups is 1. The molecule has 1 saturated carbocycles. The van der Waals surface area contributed by atoms with E-state index in [1.54, 1.807) is 0 Å². The summed E-state index contributed by atoms with van der Waals surface area (Å²) in [6, 6.07) is 2.65. The zero-order valence-corrected chi connectivity index (χ0v) is 17.7. The molecular weight excluding hydrogens is 364 g/mol. The zero-order valence-electron chi connectivity index (χ0n) is 16.1. The van der Waals surface area contributed by atoms with Crippen LogP contribution in [0.4, 0.5) is 5.82 Å². The number of carbonyl (C=O) groups excluding carboxylic acids is 1. The van der Waals surface area contributed by atoms with E-state index in [2.05, 4.69) is 34.7 Å². The van der Waals surface area contributed by atoms with E-state index in [9.17, 15) is 10.1 Å². The monoisotopic (exact) mass is 392 g/mol. The van der Waals surface area contributed by atoms with Gasteiger partial charge in [-0.25, -0.2) is 0 Å². The summed E-state index contributed by atoms with van der Waals surface area (Å²) < 4.78 is 2.91. The Kier molecular flexibility index (Phi) is 7.54. The molecule has 0 spiro atoms. The van der Waals surface area contributed by atoms with Crippen LogP contribution in [0.1, 0.15) is 62.4 Å². The fraction of sp³-hybridized carbons (Fsp3) is 0.632. The molecule has 1 N–H and O–H groups in total. The van der Waals surface area contributed by atoms with E-state index in [4.69, 9.17) is 12.2 Å². The second-order valence-electron chi connectivity index (χ2n) is 6.63. The molecular formula is C19H28N4OS2. The first kappa shape index (κ1) is 20.8. The molecule has 0 aromatic carbocycles. The Labute approximate surface area is 166 Å². The minimum absolute atomic E-state index is 0.113. The maximum Gasteiger partial charge on any atom is 0.235 e. The molecule has 1 aromatic rings. The van der Waals surface area contributed by atoms with Gasteiger partial charge in [-0.05, 0) is 46.1 Å². The van der Waals surface area contributed by atoms with Gasteiger partial charge in [-0.2, -0.15) is 5.26 Å². The first-order chi connectivity index (χ1) is 12.4. The Balaban J connectivity index is 2.15. The molecule has 142 valence electrons. The Morgan fingerprint density at radius 2 is 1.96 bits per heavy atom. The maximum atomic E-state index is 12.5. The Morgan fingerprint density at radius 1 is 1.35 bits per heavy atom. The van der Waals surface area contributed by atoms with Gasteiger partial charge in [0, 0.05) is 24.8 Å². The lowest BCUT2D eigenvalue weighted by Crippen LogP contribution is -2.28. The van der Waals surface area contributed by atoms with Gasteiger partial charge in [-0.3, -0.25) is 4.79 Å². The first-order valence-corrected chi connectivity index (χ1v) is 10.7. The highest BCUT2D eigenvalue weighted by atomic mass is 32.2. The predicted octanol–water partition coefficient (Wildman–Crippen LogP) is 4.39. The average Bonchev–Trinajstić information content (AvgIpc) is 3.22. The lowest BCUT2D eigenvalue weighted by atomic mass is 10.2. The molecule has 2 rings (SSSR count). The molecule has 1 aliphatic rings. The fourth-order valence-electron chi connectivity index (χ4n) is 3.57. The van der Waals surface area contributed by atoms with Crippen LogP contribution in [-0.4, -0.2) is 38.5 Å². The minimum Gasteiger partial charge on any atom is -0.358 e. The van der Waals surface area contributed by atoms with E-state index in [-0.39, 0.29) is 11.7 Å². The molecule has 7 heteroatoms. The highest BCUT2D eigenvalue weighted by Crippen LogP contribution is 2.37. The largest absolute Gasteiger partial charge is 0.358 e. The van der Waals surface area contributed by atoms with Gasteiger partial charge in [0.05, 0.1) is 11.3 Å². The Hall–Kier alpha value is -1.52. The van der Waals surface area contributed by atoms with Crippen LogP contribution in [0.2, 0.25) is 0 Å². The number of carbonyl (C=O) groups is 1. The summed E-state index contributed by atoms with van der Waals surface area (Å²) in [4.78, 5) is 14.6. The lowest BCUT2D eigenvalue weighted by molar-refractivity contribution is -0.113. The van der Waals surface area contributed by atoms with Crippen LogP contribution >= 0.6 is 24.0 Å². The van der Waals surface area contributed by atoms with Crippen molar-refractivity contribution in [1.29, 1.82) is 5.26 Å². The van der Waals surface area contributed by atoms with Gasteiger partial charge in [-0.15, -0.1) is 0 Å². The van der Waals surface area contributed by atoms with Crippen molar-refractivity contribution in [2.75, 3.05) is 24.2 Å². The summed E-state index contributed by atoms with van der Waals surface area (Å²) in [5.74, 6) is 0.806. The van der Waals surface area contributed by atoms with Gasteiger partial charge in [-0.1, -0.05) is 36.8 Å². The van der Waals surface area contributed by atoms with E-state index in [0.717, 1.165) is 41.5 Å². The van der Waals surface area contributed by atoms with Crippen molar-refractivity contribution in [2.24, 2.45) is 0 Å². The van der Waals surface area contributed by atoms with Gasteiger partial charge >= 0.3 is 0 Å². The lowest BCUT2D eigenvalue weighted by Gasteiger charge is -2.21. The van der Waals surface area contributed by atoms with Crippen LogP contribution in [0.15, 0.2) is 0 Å². The van der Waals surface area contributed by atoms with Gasteiger partial charge < -0.3 is 14.8 Å². The summed E-state index contributed by atoms with van der Waals surface area (Å²) in [6.07, 6.45) is 4.60. The third-order valence-electron chi connectivity index (χ3n) is 5.16. The van der Waals surface area contributed by atoms with E-state index in [1.165, 1.54) is 24.6 Å². The van der Waals surface area contributed by atoms with Crippen molar-refractivity contribution in [3.63, 3.8) is 0 Å². The average molecular weight is 393 g/mol. The van der Waals surface area contributed by atoms with Gasteiger partial charge in [0.1, 0.15) is 16.2 Å². The molecule has 0 atom stereocenters. The number of nitrogens with zero attached hydrogens (tertiary/aromatic N) is 3. The van der Waals surface area contributed by atoms with Crippen molar-refractivity contribution in [1.82, 2.24) is 9.47 Å². The van der Waals surface area contributed by atoms with E-state index in [0.29, 0.717) is 17.4 Å². The second kappa shape index (κ2) is 9.43. The van der Waals surface area contributed by atoms with Crippen LogP contribution in [0.5, 0.6) is 0 Å². The van der Waals surface area contributed by atoms with Crippen LogP contribution in [0.25, 0.3) is 0 Å². The molecule has 1 fully saturated rings. The molecule has 1 aromatic heterocycles. The second-order valence-corrected chi connectivity index (χ2v) is 8.24. The standard InChI is InChI=1S/C19H28N4OS2/c1-5-22(6-2)19(25)26-12-17(24)21-18-16(11-20)13(3)14(4)23(18)15-9-7-8-10-15/h15H,5-10,12H2,1-4H3,(H,21,24). The maximum absolute atomic E-state index is 12.5. The number of thiocarbonyl (C=S) groups is 1. The van der Waals surface area contributed by atoms with Gasteiger partial charge in [0.25, 0.3) is 0 Å². The minimum atomic E-state index is -0.113. The van der Waals surface area contributed by atoms with Gasteiger partial charge in [0.2, 0.25) is 5.91 Å². The first-order valence-electron chi connectivity index (χ1n) is 9.27. The summed E-state index contributed by atoms with van der Waals surface area (Å²) >= 11 is 6.77. The Bertz CT molecular complexity index is 710. The summed E-state index contributed by atoms with van der Waals surface area (Å²) in [5, 5.41) is 12.6. The number of rotatable bonds is 6. The molecule has 0 unspecified atom stereocenters. The predicted molar refractivity (Wildman–Crippen MR) is 113 cm³/mol. The van der Waals surface area contributed by atoms with E-state index < -0.39 is 0 Å². The quantitative estimate of drug-likeness (QED) is 0.728. The number of nitrogens with one attached hydrogen (secondary N) is 1. The van der Waals surface area contributed by atoms with Crippen molar-refractivity contribution >= 4 is 40.0 Å². The van der Waals surface area contributed by atoms with Crippen LogP contribution in [0.3, 0.4) is 0 Å². The van der Waals surface area contributed by atoms with Crippen LogP contribution < -0.4 is 5.32 Å². The normalized spacial score (nSPS) is 14.3. The van der Waals surface area contributed by atoms with E-state index in [1.807, 2.05) is 13.8 Å². The molecule has 0 aliphatic heterocycles. The summed E-state index contributed by atoms with van der Waals surface area (Å²) in [5.41, 5.74) is 2.62. The fourth-order valence-corrected chi connectivity index (χ4v) is 4.78. The number of anilines is 1. The van der Waals surface area contributed by atoms with E-state index >= 15 is 0 Å². The third kappa shape index (κ3) is 4.41. The highest BCUT2D eigenvalue weighted by molar-refractivity contribution is 8.23. The zero-order chi connectivity index (χ0) is 19.3. The summed E-state index contributed by atoms with van der Waals surface area (Å²) in [6.45, 7) is 9.77. The highest BCUT2D eigenvalue weighted by Gasteiger charge is 2.26. The smallest absolute Gasteiger partial charge is 0.235 e. The van der Waals surface area contributed by atoms with Crippen molar-refractivity contribution < 1.29 is 4.79 Å². The van der Waals surface area contributed by atoms with Crippen LogP contribution in [0, 0.1) is 25.2 Å². The number of amides is 1. The molecule has 26 heavy (non-hydrogen) atoms. The van der Waals surface area contributed by atoms with Crippen molar-refractivity contribution in [2.45, 2.75) is 59.4 Å². The molecule has 1 heterocycles. The molecule has 1 amide bonds. The van der Waals surface area contributed by atoms with Crippen LogP contribution in [-0.2, 0) is 4.79 Å². The summed E-state index contributed by atoms with van der Waals surface area (Å²) in [7, 11) is 0. The SMILES string of the molecule is CCN(CC)C(=S)SCC(=O)Nc1c(C#N)c(C)c(C)n1C1CCCC1. The number of hydrogen-bond donors (Lipinski definition) is 1. The molecule has 5 nitrogen and oxygen atoms in total. The van der Waals surface area contributed by atoms with Crippen molar-refractivity contribution in [3.8, 4) is 6.07 Å². The Morgan fingerprint density at radius 3 is 2.50 bits per heavy atom. The molecule has 1 aliphatic carbocycles. The van der Waals surface area contributed by atoms with Crippen molar-refractivity contribution in [3.05, 3.63) is 16.8 Å². The topological polar surface area (TPSA) is 61.1 Å². The number of hydrogen-bond acceptors (Lipinski definition) is 4. The third-order valence-corrected chi connectivity index (χ3v) is 6.69. The molecule has 0 saturated heterocycles. The number of aromatic nitrogens is 1. The molecule has 0 radical (unpaired) electrons.